The Hall–Kier alpha value is -1.93. The van der Waals surface area contributed by atoms with Crippen LogP contribution in [0.3, 0.4) is 0 Å². The molecule has 0 unspecified atom stereocenters. The van der Waals surface area contributed by atoms with Gasteiger partial charge in [-0.1, -0.05) is 72.8 Å². The Labute approximate surface area is 207 Å². The van der Waals surface area contributed by atoms with Crippen molar-refractivity contribution in [1.82, 2.24) is 0 Å². The molecule has 3 aromatic carbocycles. The molecule has 34 heavy (non-hydrogen) atoms. The van der Waals surface area contributed by atoms with E-state index in [0.29, 0.717) is 0 Å². The van der Waals surface area contributed by atoms with Gasteiger partial charge in [0.25, 0.3) is 0 Å². The van der Waals surface area contributed by atoms with Gasteiger partial charge in [0.1, 0.15) is 0 Å². The van der Waals surface area contributed by atoms with Gasteiger partial charge in [-0.25, -0.2) is 0 Å². The number of hydrogen-bond acceptors (Lipinski definition) is 6. The van der Waals surface area contributed by atoms with Crippen LogP contribution in [0.5, 0.6) is 0 Å². The highest BCUT2D eigenvalue weighted by molar-refractivity contribution is 6.62. The molecule has 0 amide bonds. The maximum atomic E-state index is 5.51. The largest absolute Gasteiger partial charge is 0.423 e. The van der Waals surface area contributed by atoms with Crippen LogP contribution in [-0.4, -0.2) is 70.5 Å². The van der Waals surface area contributed by atoms with Gasteiger partial charge in [-0.15, -0.1) is 0 Å². The van der Waals surface area contributed by atoms with Crippen LogP contribution in [0.2, 0.25) is 0 Å². The molecule has 3 rings (SSSR count). The predicted molar refractivity (Wildman–Crippen MR) is 138 cm³/mol. The van der Waals surface area contributed by atoms with E-state index >= 15 is 0 Å². The molecule has 3 radical (unpaired) electrons. The summed E-state index contributed by atoms with van der Waals surface area (Å²) in [5, 5.41) is 3.22. The second-order valence-corrected chi connectivity index (χ2v) is 13.3. The van der Waals surface area contributed by atoms with E-state index in [-0.39, 0.29) is 5.92 Å². The average molecular weight is 512 g/mol. The first-order valence-corrected chi connectivity index (χ1v) is 14.7. The Morgan fingerprint density at radius 3 is 0.765 bits per heavy atom. The molecule has 0 N–H and O–H groups in total. The van der Waals surface area contributed by atoms with Crippen molar-refractivity contribution in [2.75, 3.05) is 42.7 Å². The molecule has 0 aromatic heterocycles. The van der Waals surface area contributed by atoms with Gasteiger partial charge >= 0.3 is 27.9 Å². The fraction of sp³-hybridized carbons (Fsp3) is 0.280. The van der Waals surface area contributed by atoms with Gasteiger partial charge in [0.2, 0.25) is 0 Å². The molecule has 0 saturated heterocycles. The van der Waals surface area contributed by atoms with Crippen molar-refractivity contribution in [2.24, 2.45) is 0 Å². The summed E-state index contributed by atoms with van der Waals surface area (Å²) in [6, 6.07) is 25.5. The normalized spacial score (nSPS) is 11.8. The lowest BCUT2D eigenvalue weighted by Crippen LogP contribution is -2.35. The molecule has 0 aliphatic heterocycles. The van der Waals surface area contributed by atoms with E-state index in [2.05, 4.69) is 72.8 Å². The summed E-state index contributed by atoms with van der Waals surface area (Å²) in [7, 11) is 5.72. The lowest BCUT2D eigenvalue weighted by molar-refractivity contribution is 0.291. The van der Waals surface area contributed by atoms with Crippen LogP contribution >= 0.6 is 0 Å². The van der Waals surface area contributed by atoms with Gasteiger partial charge in [0.05, 0.1) is 0 Å². The summed E-state index contributed by atoms with van der Waals surface area (Å²) in [5.41, 5.74) is 3.56. The molecule has 0 bridgehead atoms. The third kappa shape index (κ3) is 6.19. The Balaban J connectivity index is 2.01. The molecule has 0 atom stereocenters. The summed E-state index contributed by atoms with van der Waals surface area (Å²) in [6.07, 6.45) is 0. The van der Waals surface area contributed by atoms with Crippen molar-refractivity contribution in [3.63, 3.8) is 0 Å². The zero-order chi connectivity index (χ0) is 24.5. The summed E-state index contributed by atoms with van der Waals surface area (Å²) < 4.78 is 33.0. The zero-order valence-corrected chi connectivity index (χ0v) is 23.5. The van der Waals surface area contributed by atoms with Gasteiger partial charge < -0.3 is 26.6 Å². The van der Waals surface area contributed by atoms with Crippen molar-refractivity contribution in [2.45, 2.75) is 5.92 Å². The molecule has 3 aromatic rings. The minimum absolute atomic E-state index is 0.0550. The van der Waals surface area contributed by atoms with E-state index in [0.717, 1.165) is 15.6 Å². The van der Waals surface area contributed by atoms with Crippen molar-refractivity contribution >= 4 is 43.4 Å². The maximum Gasteiger partial charge on any atom is 0.423 e. The van der Waals surface area contributed by atoms with Crippen molar-refractivity contribution in [3.8, 4) is 0 Å². The number of benzene rings is 3. The molecule has 9 heteroatoms. The molecule has 0 aliphatic rings. The van der Waals surface area contributed by atoms with Gasteiger partial charge in [-0.05, 0) is 32.3 Å². The minimum atomic E-state index is -1.46. The van der Waals surface area contributed by atoms with Crippen LogP contribution in [-0.2, 0) is 26.6 Å². The number of hydrogen-bond donors (Lipinski definition) is 0. The Morgan fingerprint density at radius 2 is 0.588 bits per heavy atom. The van der Waals surface area contributed by atoms with Crippen LogP contribution in [0.4, 0.5) is 0 Å². The van der Waals surface area contributed by atoms with Crippen molar-refractivity contribution in [1.29, 1.82) is 0 Å². The van der Waals surface area contributed by atoms with Gasteiger partial charge in [0, 0.05) is 48.6 Å². The van der Waals surface area contributed by atoms with Crippen LogP contribution in [0.15, 0.2) is 72.8 Å². The van der Waals surface area contributed by atoms with Crippen LogP contribution < -0.4 is 15.6 Å². The topological polar surface area (TPSA) is 55.4 Å². The first-order valence-electron chi connectivity index (χ1n) is 10.8. The Bertz CT molecular complexity index is 855. The second-order valence-electron chi connectivity index (χ2n) is 7.39. The predicted octanol–water partition coefficient (Wildman–Crippen LogP) is 1.83. The minimum Gasteiger partial charge on any atom is -0.393 e. The fourth-order valence-electron chi connectivity index (χ4n) is 3.97. The van der Waals surface area contributed by atoms with Crippen LogP contribution in [0, 0.1) is 0 Å². The molecule has 179 valence electrons. The second kappa shape index (κ2) is 13.2. The third-order valence-corrected chi connectivity index (χ3v) is 10.2. The molecular weight excluding hydrogens is 481 g/mol. The smallest absolute Gasteiger partial charge is 0.393 e. The SMILES string of the molecule is CO[Si](OC)c1ccc(C(c2ccc([Si](OC)OC)cc2)c2ccc([Si](OC)OC)cc2)cc1. The van der Waals surface area contributed by atoms with Crippen LogP contribution in [0.1, 0.15) is 22.6 Å². The highest BCUT2D eigenvalue weighted by atomic mass is 28.3. The number of rotatable bonds is 12. The molecule has 0 heterocycles. The summed E-state index contributed by atoms with van der Waals surface area (Å²) >= 11 is 0. The fourth-order valence-corrected chi connectivity index (χ4v) is 7.20. The van der Waals surface area contributed by atoms with Crippen molar-refractivity contribution < 1.29 is 26.6 Å². The maximum absolute atomic E-state index is 5.51. The quantitative estimate of drug-likeness (QED) is 0.273. The van der Waals surface area contributed by atoms with E-state index < -0.39 is 27.9 Å². The summed E-state index contributed by atoms with van der Waals surface area (Å²) in [5.74, 6) is 0.0550. The average Bonchev–Trinajstić information content (AvgIpc) is 2.89. The molecular formula is C25H31O6Si3. The monoisotopic (exact) mass is 511 g/mol. The van der Waals surface area contributed by atoms with Gasteiger partial charge in [-0.2, -0.15) is 0 Å². The molecule has 0 spiro atoms. The van der Waals surface area contributed by atoms with E-state index in [1.54, 1.807) is 42.7 Å². The van der Waals surface area contributed by atoms with Gasteiger partial charge in [-0.3, -0.25) is 0 Å². The summed E-state index contributed by atoms with van der Waals surface area (Å²) in [4.78, 5) is 0. The Morgan fingerprint density at radius 1 is 0.382 bits per heavy atom. The standard InChI is InChI=1S/C25H31O6Si3/c1-26-32(27-2)22-13-7-19(8-14-22)25(20-9-15-23(16-10-20)33(28-3)29-4)21-11-17-24(18-12-21)34(30-5)31-6/h7-18,25H,1-6H3. The van der Waals surface area contributed by atoms with E-state index in [4.69, 9.17) is 26.6 Å². The Kier molecular flexibility index (Phi) is 10.4. The van der Waals surface area contributed by atoms with E-state index in [1.165, 1.54) is 16.7 Å². The first-order chi connectivity index (χ1) is 16.6. The first kappa shape index (κ1) is 26.7. The zero-order valence-electron chi connectivity index (χ0n) is 20.5. The van der Waals surface area contributed by atoms with Crippen LogP contribution in [0.25, 0.3) is 0 Å². The van der Waals surface area contributed by atoms with Gasteiger partial charge in [0.15, 0.2) is 0 Å². The van der Waals surface area contributed by atoms with Crippen molar-refractivity contribution in [3.05, 3.63) is 89.5 Å². The molecule has 0 aliphatic carbocycles. The molecule has 6 nitrogen and oxygen atoms in total. The lowest BCUT2D eigenvalue weighted by atomic mass is 9.85. The third-order valence-electron chi connectivity index (χ3n) is 5.55. The lowest BCUT2D eigenvalue weighted by Gasteiger charge is -2.21. The van der Waals surface area contributed by atoms with E-state index in [1.807, 2.05) is 0 Å². The molecule has 0 saturated carbocycles. The summed E-state index contributed by atoms with van der Waals surface area (Å²) in [6.45, 7) is 0. The molecule has 0 fully saturated rings. The van der Waals surface area contributed by atoms with E-state index in [9.17, 15) is 0 Å². The highest BCUT2D eigenvalue weighted by Gasteiger charge is 2.23. The highest BCUT2D eigenvalue weighted by Crippen LogP contribution is 2.31.